The average molecular weight is 338 g/mol. The molecular formula is C20H22N2O3. The van der Waals surface area contributed by atoms with Crippen molar-refractivity contribution < 1.29 is 13.9 Å². The molecular weight excluding hydrogens is 316 g/mol. The number of methoxy groups -OCH3 is 1. The first kappa shape index (κ1) is 17.0. The summed E-state index contributed by atoms with van der Waals surface area (Å²) in [5.41, 5.74) is 3.52. The highest BCUT2D eigenvalue weighted by atomic mass is 16.5. The number of carbonyl (C=O) groups is 1. The number of rotatable bonds is 3. The molecule has 130 valence electrons. The molecule has 0 bridgehead atoms. The molecule has 0 spiro atoms. The van der Waals surface area contributed by atoms with Crippen LogP contribution in [0.2, 0.25) is 0 Å². The Kier molecular flexibility index (Phi) is 4.25. The van der Waals surface area contributed by atoms with E-state index in [9.17, 15) is 4.79 Å². The van der Waals surface area contributed by atoms with E-state index >= 15 is 0 Å². The number of aromatic nitrogens is 1. The lowest BCUT2D eigenvalue weighted by Gasteiger charge is -2.19. The molecule has 2 aromatic carbocycles. The van der Waals surface area contributed by atoms with Crippen LogP contribution in [-0.2, 0) is 4.79 Å². The summed E-state index contributed by atoms with van der Waals surface area (Å²) in [7, 11) is 1.62. The smallest absolute Gasteiger partial charge is 0.229 e. The molecule has 3 rings (SSSR count). The number of anilines is 1. The largest absolute Gasteiger partial charge is 0.497 e. The Morgan fingerprint density at radius 1 is 1.16 bits per heavy atom. The highest BCUT2D eigenvalue weighted by Gasteiger charge is 2.22. The fraction of sp³-hybridized carbons (Fsp3) is 0.300. The Morgan fingerprint density at radius 3 is 2.60 bits per heavy atom. The molecule has 0 aliphatic heterocycles. The maximum Gasteiger partial charge on any atom is 0.229 e. The van der Waals surface area contributed by atoms with Gasteiger partial charge in [0, 0.05) is 22.7 Å². The summed E-state index contributed by atoms with van der Waals surface area (Å²) in [5.74, 6) is 1.21. The number of aryl methyl sites for hydroxylation is 1. The molecule has 1 aromatic heterocycles. The first-order valence-electron chi connectivity index (χ1n) is 8.15. The molecule has 1 heterocycles. The number of hydrogen-bond acceptors (Lipinski definition) is 4. The first-order valence-corrected chi connectivity index (χ1v) is 8.15. The highest BCUT2D eigenvalue weighted by Crippen LogP contribution is 2.30. The van der Waals surface area contributed by atoms with Crippen molar-refractivity contribution in [2.45, 2.75) is 27.7 Å². The first-order chi connectivity index (χ1) is 11.8. The van der Waals surface area contributed by atoms with Crippen molar-refractivity contribution in [1.82, 2.24) is 4.98 Å². The van der Waals surface area contributed by atoms with Gasteiger partial charge in [0.25, 0.3) is 0 Å². The number of oxazole rings is 1. The van der Waals surface area contributed by atoms with E-state index in [1.165, 1.54) is 0 Å². The third-order valence-corrected chi connectivity index (χ3v) is 4.01. The van der Waals surface area contributed by atoms with Crippen molar-refractivity contribution in [2.75, 3.05) is 12.4 Å². The monoisotopic (exact) mass is 338 g/mol. The van der Waals surface area contributed by atoms with Crippen LogP contribution in [0.25, 0.3) is 22.6 Å². The number of fused-ring (bicyclic) bond motifs is 1. The average Bonchev–Trinajstić information content (AvgIpc) is 2.98. The number of benzene rings is 2. The minimum absolute atomic E-state index is 0.0324. The van der Waals surface area contributed by atoms with Crippen LogP contribution in [0, 0.1) is 12.3 Å². The Balaban J connectivity index is 1.98. The van der Waals surface area contributed by atoms with Gasteiger partial charge in [-0.05, 0) is 36.8 Å². The van der Waals surface area contributed by atoms with Gasteiger partial charge in [-0.25, -0.2) is 4.98 Å². The predicted octanol–water partition coefficient (Wildman–Crippen LogP) is 4.80. The highest BCUT2D eigenvalue weighted by molar-refractivity contribution is 5.95. The zero-order chi connectivity index (χ0) is 18.2. The minimum atomic E-state index is -0.462. The van der Waals surface area contributed by atoms with Gasteiger partial charge < -0.3 is 14.5 Å². The third kappa shape index (κ3) is 3.50. The van der Waals surface area contributed by atoms with Gasteiger partial charge in [-0.1, -0.05) is 26.8 Å². The van der Waals surface area contributed by atoms with Crippen molar-refractivity contribution in [3.63, 3.8) is 0 Å². The predicted molar refractivity (Wildman–Crippen MR) is 98.8 cm³/mol. The van der Waals surface area contributed by atoms with Crippen LogP contribution in [0.5, 0.6) is 5.75 Å². The summed E-state index contributed by atoms with van der Waals surface area (Å²) < 4.78 is 11.1. The van der Waals surface area contributed by atoms with E-state index in [1.807, 2.05) is 64.1 Å². The molecule has 1 N–H and O–H groups in total. The fourth-order valence-corrected chi connectivity index (χ4v) is 2.36. The quantitative estimate of drug-likeness (QED) is 0.745. The van der Waals surface area contributed by atoms with Crippen LogP contribution in [-0.4, -0.2) is 18.0 Å². The Hall–Kier alpha value is -2.82. The van der Waals surface area contributed by atoms with Crippen LogP contribution < -0.4 is 10.1 Å². The van der Waals surface area contributed by atoms with E-state index in [4.69, 9.17) is 9.15 Å². The topological polar surface area (TPSA) is 64.4 Å². The SMILES string of the molecule is COc1ccc2oc(-c3ccc(C)c(NC(=O)C(C)(C)C)c3)nc2c1. The standard InChI is InChI=1S/C20H22N2O3/c1-12-6-7-13(10-15(12)22-19(23)20(2,3)4)18-21-16-11-14(24-5)8-9-17(16)25-18/h6-11H,1-5H3,(H,22,23). The normalized spacial score (nSPS) is 11.6. The van der Waals surface area contributed by atoms with Gasteiger partial charge in [-0.2, -0.15) is 0 Å². The summed E-state index contributed by atoms with van der Waals surface area (Å²) >= 11 is 0. The number of nitrogens with zero attached hydrogens (tertiary/aromatic N) is 1. The molecule has 5 heteroatoms. The summed E-state index contributed by atoms with van der Waals surface area (Å²) in [4.78, 5) is 16.8. The van der Waals surface area contributed by atoms with Crippen molar-refractivity contribution in [3.8, 4) is 17.2 Å². The summed E-state index contributed by atoms with van der Waals surface area (Å²) in [6, 6.07) is 11.3. The molecule has 5 nitrogen and oxygen atoms in total. The molecule has 0 fully saturated rings. The van der Waals surface area contributed by atoms with Crippen molar-refractivity contribution in [3.05, 3.63) is 42.0 Å². The molecule has 0 unspecified atom stereocenters. The van der Waals surface area contributed by atoms with Crippen molar-refractivity contribution in [1.29, 1.82) is 0 Å². The second kappa shape index (κ2) is 6.24. The Bertz CT molecular complexity index is 936. The summed E-state index contributed by atoms with van der Waals surface area (Å²) in [6.07, 6.45) is 0. The van der Waals surface area contributed by atoms with E-state index in [-0.39, 0.29) is 5.91 Å². The second-order valence-corrected chi connectivity index (χ2v) is 7.09. The van der Waals surface area contributed by atoms with E-state index in [0.29, 0.717) is 11.5 Å². The number of carbonyl (C=O) groups excluding carboxylic acids is 1. The molecule has 0 saturated heterocycles. The van der Waals surface area contributed by atoms with E-state index in [1.54, 1.807) is 7.11 Å². The molecule has 3 aromatic rings. The van der Waals surface area contributed by atoms with E-state index in [2.05, 4.69) is 10.3 Å². The second-order valence-electron chi connectivity index (χ2n) is 7.09. The van der Waals surface area contributed by atoms with Crippen LogP contribution >= 0.6 is 0 Å². The fourth-order valence-electron chi connectivity index (χ4n) is 2.36. The van der Waals surface area contributed by atoms with Crippen molar-refractivity contribution in [2.24, 2.45) is 5.41 Å². The molecule has 0 saturated carbocycles. The van der Waals surface area contributed by atoms with Gasteiger partial charge in [0.05, 0.1) is 7.11 Å². The Labute approximate surface area is 147 Å². The van der Waals surface area contributed by atoms with Gasteiger partial charge >= 0.3 is 0 Å². The van der Waals surface area contributed by atoms with Gasteiger partial charge in [0.15, 0.2) is 5.58 Å². The van der Waals surface area contributed by atoms with Crippen molar-refractivity contribution >= 4 is 22.7 Å². The summed E-state index contributed by atoms with van der Waals surface area (Å²) in [6.45, 7) is 7.61. The molecule has 1 amide bonds. The molecule has 25 heavy (non-hydrogen) atoms. The number of amides is 1. The van der Waals surface area contributed by atoms with E-state index in [0.717, 1.165) is 28.1 Å². The molecule has 0 aliphatic carbocycles. The number of hydrogen-bond donors (Lipinski definition) is 1. The van der Waals surface area contributed by atoms with Crippen LogP contribution in [0.1, 0.15) is 26.3 Å². The summed E-state index contributed by atoms with van der Waals surface area (Å²) in [5, 5.41) is 2.98. The maximum atomic E-state index is 12.3. The zero-order valence-electron chi connectivity index (χ0n) is 15.1. The maximum absolute atomic E-state index is 12.3. The van der Waals surface area contributed by atoms with Crippen LogP contribution in [0.15, 0.2) is 40.8 Å². The van der Waals surface area contributed by atoms with Crippen LogP contribution in [0.4, 0.5) is 5.69 Å². The van der Waals surface area contributed by atoms with Gasteiger partial charge in [0.2, 0.25) is 11.8 Å². The third-order valence-electron chi connectivity index (χ3n) is 4.01. The van der Waals surface area contributed by atoms with E-state index < -0.39 is 5.41 Å². The lowest BCUT2D eigenvalue weighted by molar-refractivity contribution is -0.123. The van der Waals surface area contributed by atoms with Gasteiger partial charge in [-0.3, -0.25) is 4.79 Å². The van der Waals surface area contributed by atoms with Gasteiger partial charge in [0.1, 0.15) is 11.3 Å². The molecule has 0 aliphatic rings. The Morgan fingerprint density at radius 2 is 1.92 bits per heavy atom. The number of nitrogens with one attached hydrogen (secondary N) is 1. The lowest BCUT2D eigenvalue weighted by Crippen LogP contribution is -2.27. The number of ether oxygens (including phenoxy) is 1. The lowest BCUT2D eigenvalue weighted by atomic mass is 9.95. The molecule has 0 atom stereocenters. The zero-order valence-corrected chi connectivity index (χ0v) is 15.1. The molecule has 0 radical (unpaired) electrons. The minimum Gasteiger partial charge on any atom is -0.497 e. The van der Waals surface area contributed by atoms with Crippen LogP contribution in [0.3, 0.4) is 0 Å². The van der Waals surface area contributed by atoms with Gasteiger partial charge in [-0.15, -0.1) is 0 Å².